The molecule has 16 heavy (non-hydrogen) atoms. The minimum absolute atomic E-state index is 0.805. The number of hydrogen-bond donors (Lipinski definition) is 1. The fourth-order valence-corrected chi connectivity index (χ4v) is 2.80. The van der Waals surface area contributed by atoms with Gasteiger partial charge in [0.25, 0.3) is 0 Å². The van der Waals surface area contributed by atoms with Crippen LogP contribution in [0.5, 0.6) is 0 Å². The van der Waals surface area contributed by atoms with Crippen LogP contribution in [0.4, 0.5) is 5.69 Å². The Morgan fingerprint density at radius 3 is 2.88 bits per heavy atom. The van der Waals surface area contributed by atoms with E-state index in [0.29, 0.717) is 0 Å². The lowest BCUT2D eigenvalue weighted by molar-refractivity contribution is 1.18. The highest BCUT2D eigenvalue weighted by Gasteiger charge is 2.01. The molecule has 2 aromatic rings. The van der Waals surface area contributed by atoms with Crippen LogP contribution in [0.1, 0.15) is 10.4 Å². The summed E-state index contributed by atoms with van der Waals surface area (Å²) >= 11 is 11.1. The third-order valence-electron chi connectivity index (χ3n) is 2.20. The molecule has 1 heterocycles. The van der Waals surface area contributed by atoms with Crippen LogP contribution in [0, 0.1) is 6.92 Å². The standard InChI is InChI=1S/C12H11BrClNS/c1-8-2-3-11(13)12(4-8)15-6-10-5-9(14)7-16-10/h2-5,7,15H,6H2,1H3. The second kappa shape index (κ2) is 5.21. The van der Waals surface area contributed by atoms with Crippen LogP contribution in [0.3, 0.4) is 0 Å². The van der Waals surface area contributed by atoms with Crippen molar-refractivity contribution in [1.82, 2.24) is 0 Å². The molecule has 4 heteroatoms. The van der Waals surface area contributed by atoms with E-state index < -0.39 is 0 Å². The summed E-state index contributed by atoms with van der Waals surface area (Å²) in [6.45, 7) is 2.89. The third kappa shape index (κ3) is 3.00. The lowest BCUT2D eigenvalue weighted by Gasteiger charge is -2.08. The van der Waals surface area contributed by atoms with Crippen molar-refractivity contribution >= 4 is 44.6 Å². The summed E-state index contributed by atoms with van der Waals surface area (Å²) in [4.78, 5) is 1.23. The Morgan fingerprint density at radius 2 is 2.19 bits per heavy atom. The molecule has 1 N–H and O–H groups in total. The van der Waals surface area contributed by atoms with Crippen molar-refractivity contribution in [2.45, 2.75) is 13.5 Å². The van der Waals surface area contributed by atoms with E-state index in [1.54, 1.807) is 11.3 Å². The summed E-state index contributed by atoms with van der Waals surface area (Å²) in [6.07, 6.45) is 0. The molecule has 0 amide bonds. The topological polar surface area (TPSA) is 12.0 Å². The molecule has 0 aliphatic carbocycles. The maximum atomic E-state index is 5.87. The second-order valence-corrected chi connectivity index (χ2v) is 5.85. The SMILES string of the molecule is Cc1ccc(Br)c(NCc2cc(Cl)cs2)c1. The van der Waals surface area contributed by atoms with Gasteiger partial charge in [-0.15, -0.1) is 11.3 Å². The molecular weight excluding hydrogens is 306 g/mol. The fraction of sp³-hybridized carbons (Fsp3) is 0.167. The zero-order valence-electron chi connectivity index (χ0n) is 8.76. The molecule has 0 spiro atoms. The Bertz CT molecular complexity index is 496. The van der Waals surface area contributed by atoms with Gasteiger partial charge < -0.3 is 5.32 Å². The van der Waals surface area contributed by atoms with Gasteiger partial charge >= 0.3 is 0 Å². The highest BCUT2D eigenvalue weighted by atomic mass is 79.9. The van der Waals surface area contributed by atoms with Crippen molar-refractivity contribution in [3.05, 3.63) is 49.6 Å². The van der Waals surface area contributed by atoms with Crippen molar-refractivity contribution in [1.29, 1.82) is 0 Å². The Kier molecular flexibility index (Phi) is 3.90. The van der Waals surface area contributed by atoms with Crippen LogP contribution in [0.25, 0.3) is 0 Å². The third-order valence-corrected chi connectivity index (χ3v) is 4.17. The first-order chi connectivity index (χ1) is 7.65. The summed E-state index contributed by atoms with van der Waals surface area (Å²) in [5.41, 5.74) is 2.36. The van der Waals surface area contributed by atoms with Crippen LogP contribution in [-0.4, -0.2) is 0 Å². The monoisotopic (exact) mass is 315 g/mol. The van der Waals surface area contributed by atoms with Crippen molar-refractivity contribution in [3.8, 4) is 0 Å². The predicted molar refractivity (Wildman–Crippen MR) is 75.5 cm³/mol. The molecule has 1 nitrogen and oxygen atoms in total. The highest BCUT2D eigenvalue weighted by molar-refractivity contribution is 9.10. The average molecular weight is 317 g/mol. The Balaban J connectivity index is 2.07. The molecule has 0 radical (unpaired) electrons. The van der Waals surface area contributed by atoms with E-state index >= 15 is 0 Å². The van der Waals surface area contributed by atoms with Gasteiger partial charge in [0.2, 0.25) is 0 Å². The molecule has 1 aromatic carbocycles. The van der Waals surface area contributed by atoms with E-state index in [4.69, 9.17) is 11.6 Å². The van der Waals surface area contributed by atoms with Gasteiger partial charge in [0.05, 0.1) is 5.02 Å². The van der Waals surface area contributed by atoms with Crippen LogP contribution < -0.4 is 5.32 Å². The van der Waals surface area contributed by atoms with Gasteiger partial charge in [-0.25, -0.2) is 0 Å². The van der Waals surface area contributed by atoms with Crippen LogP contribution in [0.2, 0.25) is 5.02 Å². The van der Waals surface area contributed by atoms with Crippen LogP contribution >= 0.6 is 38.9 Å². The molecule has 1 aromatic heterocycles. The first kappa shape index (κ1) is 12.0. The molecular formula is C12H11BrClNS. The van der Waals surface area contributed by atoms with E-state index in [1.807, 2.05) is 11.4 Å². The normalized spacial score (nSPS) is 10.4. The Morgan fingerprint density at radius 1 is 1.38 bits per heavy atom. The fourth-order valence-electron chi connectivity index (χ4n) is 1.40. The van der Waals surface area contributed by atoms with Gasteiger partial charge in [0.15, 0.2) is 0 Å². The minimum Gasteiger partial charge on any atom is -0.379 e. The van der Waals surface area contributed by atoms with E-state index in [2.05, 4.69) is 46.4 Å². The molecule has 0 bridgehead atoms. The molecule has 2 rings (SSSR count). The van der Waals surface area contributed by atoms with Crippen LogP contribution in [-0.2, 0) is 6.54 Å². The average Bonchev–Trinajstić information content (AvgIpc) is 2.66. The van der Waals surface area contributed by atoms with E-state index in [1.165, 1.54) is 10.4 Å². The van der Waals surface area contributed by atoms with Gasteiger partial charge in [-0.1, -0.05) is 17.7 Å². The number of halogens is 2. The van der Waals surface area contributed by atoms with Crippen molar-refractivity contribution in [3.63, 3.8) is 0 Å². The quantitative estimate of drug-likeness (QED) is 0.832. The highest BCUT2D eigenvalue weighted by Crippen LogP contribution is 2.25. The van der Waals surface area contributed by atoms with E-state index in [-0.39, 0.29) is 0 Å². The maximum Gasteiger partial charge on any atom is 0.0516 e. The van der Waals surface area contributed by atoms with Gasteiger partial charge in [-0.05, 0) is 46.6 Å². The number of benzene rings is 1. The molecule has 0 saturated carbocycles. The number of aryl methyl sites for hydroxylation is 1. The summed E-state index contributed by atoms with van der Waals surface area (Å²) in [5.74, 6) is 0. The van der Waals surface area contributed by atoms with Crippen LogP contribution in [0.15, 0.2) is 34.1 Å². The van der Waals surface area contributed by atoms with Gasteiger partial charge in [-0.2, -0.15) is 0 Å². The number of hydrogen-bond acceptors (Lipinski definition) is 2. The molecule has 0 aliphatic heterocycles. The largest absolute Gasteiger partial charge is 0.379 e. The molecule has 0 aliphatic rings. The Labute approximate surface area is 113 Å². The number of nitrogens with one attached hydrogen (secondary N) is 1. The van der Waals surface area contributed by atoms with E-state index in [0.717, 1.165) is 21.7 Å². The Hall–Kier alpha value is -0.510. The summed E-state index contributed by atoms with van der Waals surface area (Å²) < 4.78 is 1.08. The van der Waals surface area contributed by atoms with Crippen molar-refractivity contribution < 1.29 is 0 Å². The lowest BCUT2D eigenvalue weighted by Crippen LogP contribution is -1.98. The smallest absolute Gasteiger partial charge is 0.0516 e. The first-order valence-electron chi connectivity index (χ1n) is 4.88. The van der Waals surface area contributed by atoms with E-state index in [9.17, 15) is 0 Å². The zero-order chi connectivity index (χ0) is 11.5. The molecule has 0 atom stereocenters. The summed E-state index contributed by atoms with van der Waals surface area (Å²) in [7, 11) is 0. The molecule has 84 valence electrons. The van der Waals surface area contributed by atoms with Crippen molar-refractivity contribution in [2.75, 3.05) is 5.32 Å². The van der Waals surface area contributed by atoms with Crippen molar-refractivity contribution in [2.24, 2.45) is 0 Å². The summed E-state index contributed by atoms with van der Waals surface area (Å²) in [5, 5.41) is 6.15. The predicted octanol–water partition coefficient (Wildman–Crippen LogP) is 5.08. The minimum atomic E-state index is 0.805. The zero-order valence-corrected chi connectivity index (χ0v) is 11.9. The molecule has 0 fully saturated rings. The van der Waals surface area contributed by atoms with Gasteiger partial charge in [-0.3, -0.25) is 0 Å². The van der Waals surface area contributed by atoms with Gasteiger partial charge in [0.1, 0.15) is 0 Å². The number of thiophene rings is 1. The first-order valence-corrected chi connectivity index (χ1v) is 6.93. The second-order valence-electron chi connectivity index (χ2n) is 3.57. The molecule has 0 saturated heterocycles. The molecule has 0 unspecified atom stereocenters. The maximum absolute atomic E-state index is 5.87. The lowest BCUT2D eigenvalue weighted by atomic mass is 10.2. The summed E-state index contributed by atoms with van der Waals surface area (Å²) in [6, 6.07) is 8.25. The number of anilines is 1. The number of rotatable bonds is 3. The van der Waals surface area contributed by atoms with Gasteiger partial charge in [0, 0.05) is 27.0 Å².